The molecular formula is C14H22N4. The topological polar surface area (TPSA) is 41.1 Å². The number of anilines is 1. The van der Waals surface area contributed by atoms with E-state index in [-0.39, 0.29) is 0 Å². The highest BCUT2D eigenvalue weighted by Gasteiger charge is 2.09. The minimum Gasteiger partial charge on any atom is -0.330 e. The highest BCUT2D eigenvalue weighted by Crippen LogP contribution is 2.11. The average molecular weight is 246 g/mol. The van der Waals surface area contributed by atoms with E-state index >= 15 is 0 Å². The fourth-order valence-corrected chi connectivity index (χ4v) is 1.70. The molecule has 0 amide bonds. The lowest BCUT2D eigenvalue weighted by Crippen LogP contribution is -2.27. The Kier molecular flexibility index (Phi) is 6.16. The Balaban J connectivity index is 2.84. The van der Waals surface area contributed by atoms with Crippen LogP contribution in [0.4, 0.5) is 5.95 Å². The van der Waals surface area contributed by atoms with Gasteiger partial charge in [0.2, 0.25) is 5.95 Å². The lowest BCUT2D eigenvalue weighted by Gasteiger charge is -2.20. The Morgan fingerprint density at radius 1 is 1.44 bits per heavy atom. The van der Waals surface area contributed by atoms with Gasteiger partial charge in [-0.05, 0) is 19.9 Å². The van der Waals surface area contributed by atoms with Crippen molar-refractivity contribution in [3.8, 4) is 12.3 Å². The Bertz CT molecular complexity index is 409. The molecule has 1 heterocycles. The van der Waals surface area contributed by atoms with Gasteiger partial charge in [0, 0.05) is 30.5 Å². The molecule has 0 atom stereocenters. The highest BCUT2D eigenvalue weighted by molar-refractivity contribution is 5.34. The molecule has 1 aromatic heterocycles. The van der Waals surface area contributed by atoms with Crippen molar-refractivity contribution >= 4 is 5.95 Å². The molecule has 0 unspecified atom stereocenters. The van der Waals surface area contributed by atoms with Gasteiger partial charge in [0.1, 0.15) is 0 Å². The number of rotatable bonds is 7. The van der Waals surface area contributed by atoms with E-state index in [0.29, 0.717) is 6.54 Å². The summed E-state index contributed by atoms with van der Waals surface area (Å²) in [6.45, 7) is 9.41. The van der Waals surface area contributed by atoms with Crippen LogP contribution in [-0.2, 0) is 6.54 Å². The smallest absolute Gasteiger partial charge is 0.226 e. The fraction of sp³-hybridized carbons (Fsp3) is 0.571. The predicted molar refractivity (Wildman–Crippen MR) is 75.5 cm³/mol. The van der Waals surface area contributed by atoms with Crippen molar-refractivity contribution in [2.75, 3.05) is 24.5 Å². The molecule has 0 aliphatic heterocycles. The molecule has 0 radical (unpaired) electrons. The maximum absolute atomic E-state index is 5.37. The Labute approximate surface area is 110 Å². The molecule has 0 aromatic carbocycles. The third-order valence-electron chi connectivity index (χ3n) is 2.69. The van der Waals surface area contributed by atoms with Crippen LogP contribution in [0.25, 0.3) is 0 Å². The average Bonchev–Trinajstić information content (AvgIpc) is 2.37. The second-order valence-electron chi connectivity index (χ2n) is 4.19. The summed E-state index contributed by atoms with van der Waals surface area (Å²) in [6, 6.07) is 0. The Morgan fingerprint density at radius 3 is 2.78 bits per heavy atom. The summed E-state index contributed by atoms with van der Waals surface area (Å²) in [6.07, 6.45) is 8.29. The summed E-state index contributed by atoms with van der Waals surface area (Å²) < 4.78 is 0. The quantitative estimate of drug-likeness (QED) is 0.744. The van der Waals surface area contributed by atoms with Crippen molar-refractivity contribution in [2.45, 2.75) is 33.7 Å². The van der Waals surface area contributed by atoms with Crippen molar-refractivity contribution in [2.24, 2.45) is 0 Å². The monoisotopic (exact) mass is 246 g/mol. The summed E-state index contributed by atoms with van der Waals surface area (Å²) >= 11 is 0. The number of nitrogens with zero attached hydrogens (tertiary/aromatic N) is 3. The number of hydrogen-bond acceptors (Lipinski definition) is 4. The van der Waals surface area contributed by atoms with Crippen molar-refractivity contribution in [3.63, 3.8) is 0 Å². The van der Waals surface area contributed by atoms with E-state index < -0.39 is 0 Å². The summed E-state index contributed by atoms with van der Waals surface area (Å²) in [5, 5.41) is 3.28. The number of hydrogen-bond donors (Lipinski definition) is 1. The zero-order chi connectivity index (χ0) is 13.4. The third-order valence-corrected chi connectivity index (χ3v) is 2.69. The van der Waals surface area contributed by atoms with Crippen molar-refractivity contribution in [3.05, 3.63) is 17.5 Å². The number of nitrogens with one attached hydrogen (secondary N) is 1. The number of terminal acetylenes is 1. The van der Waals surface area contributed by atoms with Crippen molar-refractivity contribution in [1.29, 1.82) is 0 Å². The molecule has 98 valence electrons. The molecule has 0 spiro atoms. The summed E-state index contributed by atoms with van der Waals surface area (Å²) in [4.78, 5) is 11.0. The predicted octanol–water partition coefficient (Wildman–Crippen LogP) is 1.74. The van der Waals surface area contributed by atoms with Crippen LogP contribution >= 0.6 is 0 Å². The lowest BCUT2D eigenvalue weighted by molar-refractivity contribution is 0.711. The van der Waals surface area contributed by atoms with Crippen LogP contribution in [0.5, 0.6) is 0 Å². The summed E-state index contributed by atoms with van der Waals surface area (Å²) in [7, 11) is 0. The van der Waals surface area contributed by atoms with Gasteiger partial charge in [-0.25, -0.2) is 9.97 Å². The van der Waals surface area contributed by atoms with E-state index in [2.05, 4.69) is 35.1 Å². The largest absolute Gasteiger partial charge is 0.330 e. The first kappa shape index (κ1) is 14.5. The first-order chi connectivity index (χ1) is 8.72. The van der Waals surface area contributed by atoms with E-state index in [1.807, 2.05) is 18.0 Å². The van der Waals surface area contributed by atoms with E-state index in [9.17, 15) is 0 Å². The van der Waals surface area contributed by atoms with Crippen LogP contribution in [0, 0.1) is 19.3 Å². The zero-order valence-corrected chi connectivity index (χ0v) is 11.5. The molecule has 0 fully saturated rings. The molecule has 0 aliphatic rings. The molecule has 18 heavy (non-hydrogen) atoms. The molecule has 0 saturated heterocycles. The van der Waals surface area contributed by atoms with E-state index in [1.165, 1.54) is 0 Å². The molecule has 0 aliphatic carbocycles. The third kappa shape index (κ3) is 4.01. The van der Waals surface area contributed by atoms with Crippen LogP contribution in [0.2, 0.25) is 0 Å². The molecule has 1 rings (SSSR count). The van der Waals surface area contributed by atoms with Gasteiger partial charge in [0.25, 0.3) is 0 Å². The molecule has 0 saturated carbocycles. The van der Waals surface area contributed by atoms with Gasteiger partial charge in [-0.15, -0.1) is 6.42 Å². The fourth-order valence-electron chi connectivity index (χ4n) is 1.70. The summed E-state index contributed by atoms with van der Waals surface area (Å²) in [5.41, 5.74) is 2.15. The summed E-state index contributed by atoms with van der Waals surface area (Å²) in [5.74, 6) is 3.38. The highest BCUT2D eigenvalue weighted by atomic mass is 15.2. The van der Waals surface area contributed by atoms with Crippen molar-refractivity contribution < 1.29 is 0 Å². The minimum absolute atomic E-state index is 0.555. The van der Waals surface area contributed by atoms with Crippen LogP contribution in [0.15, 0.2) is 6.20 Å². The molecular weight excluding hydrogens is 224 g/mol. The Morgan fingerprint density at radius 2 is 2.22 bits per heavy atom. The van der Waals surface area contributed by atoms with E-state index in [4.69, 9.17) is 6.42 Å². The standard InChI is InChI=1S/C14H22N4/c1-5-8-18(9-6-2)14-16-11-13(10-15-7-3)12(4)17-14/h1,11,15H,6-10H2,2-4H3. The zero-order valence-electron chi connectivity index (χ0n) is 11.5. The second kappa shape index (κ2) is 7.67. The molecule has 1 N–H and O–H groups in total. The lowest BCUT2D eigenvalue weighted by atomic mass is 10.2. The van der Waals surface area contributed by atoms with Crippen LogP contribution in [-0.4, -0.2) is 29.6 Å². The van der Waals surface area contributed by atoms with Gasteiger partial charge in [-0.3, -0.25) is 0 Å². The van der Waals surface area contributed by atoms with Gasteiger partial charge in [0.15, 0.2) is 0 Å². The maximum Gasteiger partial charge on any atom is 0.226 e. The van der Waals surface area contributed by atoms with Gasteiger partial charge in [-0.1, -0.05) is 19.8 Å². The first-order valence-electron chi connectivity index (χ1n) is 6.44. The normalized spacial score (nSPS) is 10.1. The molecule has 4 heteroatoms. The SMILES string of the molecule is C#CCN(CCC)c1ncc(CNCC)c(C)n1. The number of aromatic nitrogens is 2. The van der Waals surface area contributed by atoms with Crippen LogP contribution in [0.3, 0.4) is 0 Å². The van der Waals surface area contributed by atoms with Crippen LogP contribution < -0.4 is 10.2 Å². The van der Waals surface area contributed by atoms with E-state index in [0.717, 1.165) is 43.3 Å². The van der Waals surface area contributed by atoms with Crippen LogP contribution in [0.1, 0.15) is 31.5 Å². The van der Waals surface area contributed by atoms with Crippen molar-refractivity contribution in [1.82, 2.24) is 15.3 Å². The van der Waals surface area contributed by atoms with Gasteiger partial charge in [0.05, 0.1) is 6.54 Å². The Hall–Kier alpha value is -1.60. The van der Waals surface area contributed by atoms with Gasteiger partial charge < -0.3 is 10.2 Å². The van der Waals surface area contributed by atoms with E-state index in [1.54, 1.807) is 0 Å². The number of aryl methyl sites for hydroxylation is 1. The van der Waals surface area contributed by atoms with Gasteiger partial charge in [-0.2, -0.15) is 0 Å². The first-order valence-corrected chi connectivity index (χ1v) is 6.44. The molecule has 1 aromatic rings. The molecule has 0 bridgehead atoms. The maximum atomic E-state index is 5.37. The second-order valence-corrected chi connectivity index (χ2v) is 4.19. The minimum atomic E-state index is 0.555. The van der Waals surface area contributed by atoms with Gasteiger partial charge >= 0.3 is 0 Å². The molecule has 4 nitrogen and oxygen atoms in total.